The minimum atomic E-state index is 0.139. The third kappa shape index (κ3) is 4.92. The molecule has 0 spiro atoms. The van der Waals surface area contributed by atoms with E-state index in [0.29, 0.717) is 5.92 Å². The SMILES string of the molecule is CCCC.Cc1cccnc1-c1ccccc1C(C)(C)C(C)C. The van der Waals surface area contributed by atoms with E-state index in [1.54, 1.807) is 0 Å². The molecule has 23 heavy (non-hydrogen) atoms. The van der Waals surface area contributed by atoms with Gasteiger partial charge in [-0.05, 0) is 35.4 Å². The van der Waals surface area contributed by atoms with Crippen LogP contribution in [0.15, 0.2) is 42.6 Å². The van der Waals surface area contributed by atoms with Crippen LogP contribution in [0.1, 0.15) is 65.5 Å². The van der Waals surface area contributed by atoms with Crippen molar-refractivity contribution in [1.82, 2.24) is 4.98 Å². The molecule has 0 saturated heterocycles. The average molecular weight is 312 g/mol. The van der Waals surface area contributed by atoms with Crippen molar-refractivity contribution >= 4 is 0 Å². The van der Waals surface area contributed by atoms with Crippen LogP contribution >= 0.6 is 0 Å². The number of aromatic nitrogens is 1. The summed E-state index contributed by atoms with van der Waals surface area (Å²) in [6.07, 6.45) is 4.52. The third-order valence-electron chi connectivity index (χ3n) is 4.83. The van der Waals surface area contributed by atoms with E-state index in [9.17, 15) is 0 Å². The lowest BCUT2D eigenvalue weighted by Crippen LogP contribution is -2.25. The van der Waals surface area contributed by atoms with Gasteiger partial charge in [-0.15, -0.1) is 0 Å². The van der Waals surface area contributed by atoms with E-state index in [1.165, 1.54) is 29.5 Å². The number of benzene rings is 1. The fourth-order valence-electron chi connectivity index (χ4n) is 2.33. The first-order chi connectivity index (χ1) is 10.9. The van der Waals surface area contributed by atoms with Gasteiger partial charge in [0, 0.05) is 11.8 Å². The molecular formula is C22H33N. The van der Waals surface area contributed by atoms with E-state index in [2.05, 4.69) is 83.8 Å². The van der Waals surface area contributed by atoms with Crippen molar-refractivity contribution < 1.29 is 0 Å². The van der Waals surface area contributed by atoms with Crippen LogP contribution in [0.25, 0.3) is 11.3 Å². The first-order valence-electron chi connectivity index (χ1n) is 8.87. The van der Waals surface area contributed by atoms with Gasteiger partial charge in [-0.1, -0.05) is 84.7 Å². The molecule has 126 valence electrons. The summed E-state index contributed by atoms with van der Waals surface area (Å²) in [5.41, 5.74) is 5.12. The molecule has 2 aromatic rings. The molecule has 1 heterocycles. The Balaban J connectivity index is 0.000000593. The van der Waals surface area contributed by atoms with Crippen molar-refractivity contribution in [3.05, 3.63) is 53.7 Å². The number of unbranched alkanes of at least 4 members (excludes halogenated alkanes) is 1. The fourth-order valence-corrected chi connectivity index (χ4v) is 2.33. The number of nitrogens with zero attached hydrogens (tertiary/aromatic N) is 1. The van der Waals surface area contributed by atoms with Crippen LogP contribution in [-0.2, 0) is 5.41 Å². The quantitative estimate of drug-likeness (QED) is 0.605. The summed E-state index contributed by atoms with van der Waals surface area (Å²) in [4.78, 5) is 4.58. The standard InChI is InChI=1S/C18H23N.C4H10/c1-13(2)18(4,5)16-11-7-6-10-15(16)17-14(3)9-8-12-19-17;1-3-4-2/h6-13H,1-5H3;3-4H2,1-2H3. The van der Waals surface area contributed by atoms with Gasteiger partial charge in [-0.25, -0.2) is 0 Å². The Morgan fingerprint density at radius 2 is 1.57 bits per heavy atom. The summed E-state index contributed by atoms with van der Waals surface area (Å²) in [6.45, 7) is 15.7. The van der Waals surface area contributed by atoms with Gasteiger partial charge in [0.15, 0.2) is 0 Å². The van der Waals surface area contributed by atoms with Crippen molar-refractivity contribution in [1.29, 1.82) is 0 Å². The maximum absolute atomic E-state index is 4.58. The molecule has 0 radical (unpaired) electrons. The minimum absolute atomic E-state index is 0.139. The highest BCUT2D eigenvalue weighted by molar-refractivity contribution is 5.68. The Hall–Kier alpha value is -1.63. The summed E-state index contributed by atoms with van der Waals surface area (Å²) in [5, 5.41) is 0. The van der Waals surface area contributed by atoms with Crippen LogP contribution in [0.5, 0.6) is 0 Å². The maximum Gasteiger partial charge on any atom is 0.0734 e. The first kappa shape index (κ1) is 19.4. The molecule has 1 heteroatoms. The molecule has 1 aromatic carbocycles. The van der Waals surface area contributed by atoms with Gasteiger partial charge >= 0.3 is 0 Å². The van der Waals surface area contributed by atoms with Gasteiger partial charge < -0.3 is 0 Å². The van der Waals surface area contributed by atoms with Crippen molar-refractivity contribution in [2.24, 2.45) is 5.92 Å². The van der Waals surface area contributed by atoms with Gasteiger partial charge in [0.1, 0.15) is 0 Å². The second-order valence-corrected chi connectivity index (χ2v) is 7.09. The Labute approximate surface area is 143 Å². The van der Waals surface area contributed by atoms with Crippen LogP contribution in [0.3, 0.4) is 0 Å². The molecule has 0 saturated carbocycles. The molecule has 2 rings (SSSR count). The van der Waals surface area contributed by atoms with E-state index < -0.39 is 0 Å². The summed E-state index contributed by atoms with van der Waals surface area (Å²) < 4.78 is 0. The number of rotatable bonds is 4. The molecule has 0 aliphatic rings. The maximum atomic E-state index is 4.58. The van der Waals surface area contributed by atoms with E-state index in [0.717, 1.165) is 5.69 Å². The smallest absolute Gasteiger partial charge is 0.0734 e. The van der Waals surface area contributed by atoms with Crippen LogP contribution < -0.4 is 0 Å². The van der Waals surface area contributed by atoms with Gasteiger partial charge in [0.05, 0.1) is 5.69 Å². The Kier molecular flexibility index (Phi) is 7.48. The summed E-state index contributed by atoms with van der Waals surface area (Å²) in [5.74, 6) is 0.581. The predicted molar refractivity (Wildman–Crippen MR) is 103 cm³/mol. The minimum Gasteiger partial charge on any atom is -0.256 e. The zero-order valence-corrected chi connectivity index (χ0v) is 16.0. The molecule has 0 unspecified atom stereocenters. The van der Waals surface area contributed by atoms with E-state index in [4.69, 9.17) is 0 Å². The lowest BCUT2D eigenvalue weighted by molar-refractivity contribution is 0.373. The lowest BCUT2D eigenvalue weighted by Gasteiger charge is -2.32. The molecule has 1 nitrogen and oxygen atoms in total. The normalized spacial score (nSPS) is 11.1. The average Bonchev–Trinajstić information content (AvgIpc) is 2.55. The highest BCUT2D eigenvalue weighted by atomic mass is 14.7. The van der Waals surface area contributed by atoms with Crippen molar-refractivity contribution in [3.63, 3.8) is 0 Å². The van der Waals surface area contributed by atoms with E-state index in [1.807, 2.05) is 12.3 Å². The third-order valence-corrected chi connectivity index (χ3v) is 4.83. The number of hydrogen-bond donors (Lipinski definition) is 0. The largest absolute Gasteiger partial charge is 0.256 e. The second-order valence-electron chi connectivity index (χ2n) is 7.09. The molecule has 0 aliphatic heterocycles. The van der Waals surface area contributed by atoms with Crippen LogP contribution in [-0.4, -0.2) is 4.98 Å². The number of hydrogen-bond acceptors (Lipinski definition) is 1. The van der Waals surface area contributed by atoms with Crippen molar-refractivity contribution in [2.75, 3.05) is 0 Å². The summed E-state index contributed by atoms with van der Waals surface area (Å²) in [6, 6.07) is 12.8. The molecule has 1 aromatic heterocycles. The molecule has 0 atom stereocenters. The Bertz CT molecular complexity index is 594. The topological polar surface area (TPSA) is 12.9 Å². The molecule has 0 amide bonds. The summed E-state index contributed by atoms with van der Waals surface area (Å²) >= 11 is 0. The molecule has 0 fully saturated rings. The second kappa shape index (κ2) is 8.86. The monoisotopic (exact) mass is 311 g/mol. The lowest BCUT2D eigenvalue weighted by atomic mass is 9.73. The molecular weight excluding hydrogens is 278 g/mol. The van der Waals surface area contributed by atoms with Crippen molar-refractivity contribution in [3.8, 4) is 11.3 Å². The van der Waals surface area contributed by atoms with Gasteiger partial charge in [0.25, 0.3) is 0 Å². The van der Waals surface area contributed by atoms with Gasteiger partial charge in [-0.2, -0.15) is 0 Å². The van der Waals surface area contributed by atoms with Gasteiger partial charge in [-0.3, -0.25) is 4.98 Å². The van der Waals surface area contributed by atoms with Crippen LogP contribution in [0.2, 0.25) is 0 Å². The highest BCUT2D eigenvalue weighted by Crippen LogP contribution is 2.37. The number of pyridine rings is 1. The highest BCUT2D eigenvalue weighted by Gasteiger charge is 2.27. The fraction of sp³-hybridized carbons (Fsp3) is 0.500. The van der Waals surface area contributed by atoms with Gasteiger partial charge in [0.2, 0.25) is 0 Å². The number of aryl methyl sites for hydroxylation is 1. The van der Waals surface area contributed by atoms with Crippen LogP contribution in [0, 0.1) is 12.8 Å². The Morgan fingerprint density at radius 3 is 2.09 bits per heavy atom. The van der Waals surface area contributed by atoms with E-state index >= 15 is 0 Å². The van der Waals surface area contributed by atoms with Crippen LogP contribution in [0.4, 0.5) is 0 Å². The van der Waals surface area contributed by atoms with E-state index in [-0.39, 0.29) is 5.41 Å². The predicted octanol–water partition coefficient (Wildman–Crippen LogP) is 6.80. The molecule has 0 bridgehead atoms. The zero-order valence-electron chi connectivity index (χ0n) is 16.0. The first-order valence-corrected chi connectivity index (χ1v) is 8.87. The summed E-state index contributed by atoms with van der Waals surface area (Å²) in [7, 11) is 0. The van der Waals surface area contributed by atoms with Crippen molar-refractivity contribution in [2.45, 2.75) is 66.7 Å². The Morgan fingerprint density at radius 1 is 0.957 bits per heavy atom. The molecule has 0 N–H and O–H groups in total. The zero-order chi connectivity index (χ0) is 17.5. The molecule has 0 aliphatic carbocycles.